The summed E-state index contributed by atoms with van der Waals surface area (Å²) >= 11 is 9.35. The zero-order valence-electron chi connectivity index (χ0n) is 7.03. The van der Waals surface area contributed by atoms with Gasteiger partial charge in [0.2, 0.25) is 0 Å². The smallest absolute Gasteiger partial charge is 0.151 e. The molecule has 0 amide bonds. The maximum Gasteiger partial charge on any atom is 0.151 e. The minimum atomic E-state index is 0.656. The molecule has 0 aromatic heterocycles. The van der Waals surface area contributed by atoms with Crippen LogP contribution in [0, 0.1) is 0 Å². The fraction of sp³-hybridized carbons (Fsp3) is 0.333. The highest BCUT2D eigenvalue weighted by Gasteiger charge is 2.06. The quantitative estimate of drug-likeness (QED) is 0.777. The van der Waals surface area contributed by atoms with Crippen LogP contribution in [-0.4, -0.2) is 7.11 Å². The average Bonchev–Trinajstić information content (AvgIpc) is 2.03. The third-order valence-corrected chi connectivity index (χ3v) is 2.54. The molecule has 1 aromatic carbocycles. The number of halogens is 2. The summed E-state index contributed by atoms with van der Waals surface area (Å²) in [5, 5.41) is 0.656. The molecule has 0 radical (unpaired) electrons. The van der Waals surface area contributed by atoms with Gasteiger partial charge >= 0.3 is 0 Å². The predicted octanol–water partition coefficient (Wildman–Crippen LogP) is 3.67. The molecule has 1 nitrogen and oxygen atoms in total. The molecule has 0 aliphatic heterocycles. The minimum Gasteiger partial charge on any atom is -0.494 e. The summed E-state index contributed by atoms with van der Waals surface area (Å²) in [6.07, 6.45) is 0.975. The van der Waals surface area contributed by atoms with Gasteiger partial charge in [-0.2, -0.15) is 0 Å². The number of ether oxygens (including phenoxy) is 1. The molecule has 0 fully saturated rings. The first-order valence-electron chi connectivity index (χ1n) is 3.71. The molecular weight excluding hydrogens is 239 g/mol. The lowest BCUT2D eigenvalue weighted by Crippen LogP contribution is -1.88. The van der Waals surface area contributed by atoms with E-state index in [9.17, 15) is 0 Å². The lowest BCUT2D eigenvalue weighted by Gasteiger charge is -2.07. The van der Waals surface area contributed by atoms with Crippen LogP contribution in [0.5, 0.6) is 5.75 Å². The Morgan fingerprint density at radius 3 is 2.58 bits per heavy atom. The van der Waals surface area contributed by atoms with Crippen LogP contribution in [0.15, 0.2) is 16.6 Å². The molecule has 0 saturated carbocycles. The van der Waals surface area contributed by atoms with Crippen molar-refractivity contribution in [2.75, 3.05) is 7.11 Å². The van der Waals surface area contributed by atoms with Crippen molar-refractivity contribution in [1.82, 2.24) is 0 Å². The number of hydrogen-bond donors (Lipinski definition) is 0. The molecular formula is C9H10BrClO. The van der Waals surface area contributed by atoms with Crippen molar-refractivity contribution in [2.45, 2.75) is 13.3 Å². The van der Waals surface area contributed by atoms with Gasteiger partial charge in [-0.25, -0.2) is 0 Å². The largest absolute Gasteiger partial charge is 0.494 e. The van der Waals surface area contributed by atoms with E-state index in [1.807, 2.05) is 12.1 Å². The standard InChI is InChI=1S/C9H10BrClO/c1-3-6-4-7(10)9(12-2)8(11)5-6/h4-5H,3H2,1-2H3. The Kier molecular flexibility index (Phi) is 3.41. The Labute approximate surface area is 85.8 Å². The van der Waals surface area contributed by atoms with Gasteiger partial charge in [-0.15, -0.1) is 0 Å². The fourth-order valence-corrected chi connectivity index (χ4v) is 2.11. The van der Waals surface area contributed by atoms with Gasteiger partial charge in [0.25, 0.3) is 0 Å². The van der Waals surface area contributed by atoms with Gasteiger partial charge in [-0.3, -0.25) is 0 Å². The van der Waals surface area contributed by atoms with Gasteiger partial charge in [0.15, 0.2) is 5.75 Å². The zero-order chi connectivity index (χ0) is 9.14. The molecule has 0 N–H and O–H groups in total. The molecule has 0 aliphatic carbocycles. The third-order valence-electron chi connectivity index (χ3n) is 1.67. The van der Waals surface area contributed by atoms with E-state index in [2.05, 4.69) is 22.9 Å². The topological polar surface area (TPSA) is 9.23 Å². The first-order valence-corrected chi connectivity index (χ1v) is 4.88. The van der Waals surface area contributed by atoms with Crippen molar-refractivity contribution in [3.05, 3.63) is 27.2 Å². The van der Waals surface area contributed by atoms with Crippen molar-refractivity contribution in [3.8, 4) is 5.75 Å². The molecule has 66 valence electrons. The lowest BCUT2D eigenvalue weighted by atomic mass is 10.2. The Morgan fingerprint density at radius 2 is 2.17 bits per heavy atom. The van der Waals surface area contributed by atoms with Crippen molar-refractivity contribution >= 4 is 27.5 Å². The first kappa shape index (κ1) is 9.87. The van der Waals surface area contributed by atoms with Gasteiger partial charge < -0.3 is 4.74 Å². The molecule has 0 heterocycles. The van der Waals surface area contributed by atoms with E-state index in [1.165, 1.54) is 5.56 Å². The van der Waals surface area contributed by atoms with Gasteiger partial charge in [0.05, 0.1) is 16.6 Å². The number of methoxy groups -OCH3 is 1. The van der Waals surface area contributed by atoms with Crippen molar-refractivity contribution in [1.29, 1.82) is 0 Å². The summed E-state index contributed by atoms with van der Waals surface area (Å²) < 4.78 is 6.01. The molecule has 0 unspecified atom stereocenters. The van der Waals surface area contributed by atoms with Crippen LogP contribution >= 0.6 is 27.5 Å². The Hall–Kier alpha value is -0.210. The Balaban J connectivity index is 3.18. The maximum atomic E-state index is 5.96. The van der Waals surface area contributed by atoms with Gasteiger partial charge in [-0.1, -0.05) is 18.5 Å². The normalized spacial score (nSPS) is 10.0. The molecule has 12 heavy (non-hydrogen) atoms. The van der Waals surface area contributed by atoms with Crippen LogP contribution < -0.4 is 4.74 Å². The van der Waals surface area contributed by atoms with E-state index in [1.54, 1.807) is 7.11 Å². The second kappa shape index (κ2) is 4.15. The van der Waals surface area contributed by atoms with Crippen LogP contribution in [0.3, 0.4) is 0 Å². The maximum absolute atomic E-state index is 5.96. The summed E-state index contributed by atoms with van der Waals surface area (Å²) in [4.78, 5) is 0. The van der Waals surface area contributed by atoms with E-state index in [0.717, 1.165) is 10.9 Å². The Morgan fingerprint density at radius 1 is 1.50 bits per heavy atom. The summed E-state index contributed by atoms with van der Waals surface area (Å²) in [7, 11) is 1.61. The summed E-state index contributed by atoms with van der Waals surface area (Å²) in [5.41, 5.74) is 1.20. The fourth-order valence-electron chi connectivity index (χ4n) is 1.01. The van der Waals surface area contributed by atoms with E-state index in [-0.39, 0.29) is 0 Å². The second-order valence-corrected chi connectivity index (χ2v) is 3.71. The van der Waals surface area contributed by atoms with Crippen molar-refractivity contribution in [2.24, 2.45) is 0 Å². The molecule has 1 aromatic rings. The van der Waals surface area contributed by atoms with E-state index < -0.39 is 0 Å². The van der Waals surface area contributed by atoms with Crippen molar-refractivity contribution < 1.29 is 4.74 Å². The Bertz CT molecular complexity index is 263. The highest BCUT2D eigenvalue weighted by atomic mass is 79.9. The average molecular weight is 250 g/mol. The van der Waals surface area contributed by atoms with Crippen LogP contribution in [0.1, 0.15) is 12.5 Å². The number of rotatable bonds is 2. The van der Waals surface area contributed by atoms with E-state index >= 15 is 0 Å². The summed E-state index contributed by atoms with van der Waals surface area (Å²) in [6, 6.07) is 3.94. The molecule has 1 rings (SSSR count). The molecule has 0 atom stereocenters. The summed E-state index contributed by atoms with van der Waals surface area (Å²) in [5.74, 6) is 0.703. The number of hydrogen-bond acceptors (Lipinski definition) is 1. The van der Waals surface area contributed by atoms with Crippen LogP contribution in [0.4, 0.5) is 0 Å². The van der Waals surface area contributed by atoms with Crippen LogP contribution in [0.2, 0.25) is 5.02 Å². The second-order valence-electron chi connectivity index (χ2n) is 2.45. The molecule has 0 saturated heterocycles. The van der Waals surface area contributed by atoms with Gasteiger partial charge in [0, 0.05) is 0 Å². The molecule has 0 spiro atoms. The lowest BCUT2D eigenvalue weighted by molar-refractivity contribution is 0.412. The molecule has 0 aliphatic rings. The monoisotopic (exact) mass is 248 g/mol. The predicted molar refractivity (Wildman–Crippen MR) is 55.1 cm³/mol. The van der Waals surface area contributed by atoms with E-state index in [0.29, 0.717) is 10.8 Å². The number of aryl methyl sites for hydroxylation is 1. The SMILES string of the molecule is CCc1cc(Cl)c(OC)c(Br)c1. The highest BCUT2D eigenvalue weighted by molar-refractivity contribution is 9.10. The highest BCUT2D eigenvalue weighted by Crippen LogP contribution is 2.34. The van der Waals surface area contributed by atoms with Gasteiger partial charge in [0.1, 0.15) is 0 Å². The minimum absolute atomic E-state index is 0.656. The summed E-state index contributed by atoms with van der Waals surface area (Å²) in [6.45, 7) is 2.09. The number of benzene rings is 1. The van der Waals surface area contributed by atoms with Crippen LogP contribution in [-0.2, 0) is 6.42 Å². The van der Waals surface area contributed by atoms with Gasteiger partial charge in [-0.05, 0) is 40.0 Å². The molecule has 3 heteroatoms. The van der Waals surface area contributed by atoms with Crippen molar-refractivity contribution in [3.63, 3.8) is 0 Å². The van der Waals surface area contributed by atoms with Crippen LogP contribution in [0.25, 0.3) is 0 Å². The van der Waals surface area contributed by atoms with E-state index in [4.69, 9.17) is 16.3 Å². The third kappa shape index (κ3) is 1.93. The first-order chi connectivity index (χ1) is 5.69. The zero-order valence-corrected chi connectivity index (χ0v) is 9.37. The molecule has 0 bridgehead atoms.